The Morgan fingerprint density at radius 3 is 2.32 bits per heavy atom. The van der Waals surface area contributed by atoms with Crippen molar-refractivity contribution in [2.24, 2.45) is 11.8 Å². The Labute approximate surface area is 147 Å². The van der Waals surface area contributed by atoms with Crippen LogP contribution in [-0.2, 0) is 9.84 Å². The highest BCUT2D eigenvalue weighted by Gasteiger charge is 2.30. The largest absolute Gasteiger partial charge is 0.224 e. The maximum Gasteiger partial charge on any atom is 0.178 e. The van der Waals surface area contributed by atoms with Crippen molar-refractivity contribution in [1.29, 1.82) is 0 Å². The number of rotatable bonds is 5. The van der Waals surface area contributed by atoms with Crippen LogP contribution >= 0.6 is 0 Å². The van der Waals surface area contributed by atoms with Gasteiger partial charge in [-0.15, -0.1) is 0 Å². The van der Waals surface area contributed by atoms with Gasteiger partial charge in [0.15, 0.2) is 9.84 Å². The van der Waals surface area contributed by atoms with Gasteiger partial charge in [0.25, 0.3) is 0 Å². The molecule has 0 heterocycles. The molecule has 1 aliphatic carbocycles. The monoisotopic (exact) mass is 364 g/mol. The molecule has 3 rings (SSSR count). The Hall–Kier alpha value is -1.75. The summed E-state index contributed by atoms with van der Waals surface area (Å²) < 4.78 is 52.3. The van der Waals surface area contributed by atoms with Crippen LogP contribution in [0.5, 0.6) is 0 Å². The van der Waals surface area contributed by atoms with Gasteiger partial charge in [0.05, 0.1) is 10.6 Å². The molecule has 2 aromatic carbocycles. The van der Waals surface area contributed by atoms with Gasteiger partial charge in [-0.05, 0) is 48.1 Å². The van der Waals surface area contributed by atoms with Crippen LogP contribution in [0, 0.1) is 23.5 Å². The zero-order valence-corrected chi connectivity index (χ0v) is 15.0. The van der Waals surface area contributed by atoms with E-state index < -0.39 is 21.5 Å². The van der Waals surface area contributed by atoms with Crippen LogP contribution < -0.4 is 0 Å². The van der Waals surface area contributed by atoms with E-state index in [0.29, 0.717) is 11.5 Å². The van der Waals surface area contributed by atoms with Crippen LogP contribution in [0.3, 0.4) is 0 Å². The second-order valence-corrected chi connectivity index (χ2v) is 8.82. The summed E-state index contributed by atoms with van der Waals surface area (Å²) in [6.45, 7) is 2.11. The van der Waals surface area contributed by atoms with Gasteiger partial charge in [0.1, 0.15) is 11.6 Å². The van der Waals surface area contributed by atoms with E-state index in [-0.39, 0.29) is 22.1 Å². The van der Waals surface area contributed by atoms with Crippen LogP contribution in [0.2, 0.25) is 0 Å². The highest BCUT2D eigenvalue weighted by molar-refractivity contribution is 7.91. The molecule has 1 aliphatic rings. The first kappa shape index (κ1) is 18.1. The second kappa shape index (κ2) is 7.24. The topological polar surface area (TPSA) is 34.1 Å². The molecule has 1 saturated carbocycles. The van der Waals surface area contributed by atoms with Crippen LogP contribution in [0.4, 0.5) is 8.78 Å². The summed E-state index contributed by atoms with van der Waals surface area (Å²) in [5.74, 6) is -0.406. The molecule has 0 saturated heterocycles. The molecule has 0 aliphatic heterocycles. The van der Waals surface area contributed by atoms with Gasteiger partial charge < -0.3 is 0 Å². The molecule has 0 spiro atoms. The Bertz CT molecular complexity index is 844. The van der Waals surface area contributed by atoms with E-state index in [1.165, 1.54) is 24.3 Å². The van der Waals surface area contributed by atoms with E-state index >= 15 is 0 Å². The molecule has 2 nitrogen and oxygen atoms in total. The van der Waals surface area contributed by atoms with E-state index in [2.05, 4.69) is 6.92 Å². The summed E-state index contributed by atoms with van der Waals surface area (Å²) in [4.78, 5) is 0.264. The van der Waals surface area contributed by atoms with Crippen molar-refractivity contribution in [3.05, 3.63) is 54.1 Å². The van der Waals surface area contributed by atoms with Gasteiger partial charge in [-0.1, -0.05) is 38.3 Å². The quantitative estimate of drug-likeness (QED) is 0.728. The minimum atomic E-state index is -3.36. The van der Waals surface area contributed by atoms with Crippen molar-refractivity contribution in [3.63, 3.8) is 0 Å². The molecule has 0 bridgehead atoms. The van der Waals surface area contributed by atoms with E-state index in [0.717, 1.165) is 31.7 Å². The lowest BCUT2D eigenvalue weighted by atomic mass is 9.96. The zero-order chi connectivity index (χ0) is 18.0. The second-order valence-electron chi connectivity index (χ2n) is 6.79. The summed E-state index contributed by atoms with van der Waals surface area (Å²) in [5.41, 5.74) is 0.788. The van der Waals surface area contributed by atoms with E-state index in [4.69, 9.17) is 0 Å². The van der Waals surface area contributed by atoms with Crippen LogP contribution in [-0.4, -0.2) is 14.2 Å². The SMILES string of the molecule is CC[C@H]1CCC[C@H]1CS(=O)(=O)c1ccc(-c2ccc(F)cc2F)cc1. The molecular formula is C20H22F2O2S. The normalized spacial score (nSPS) is 20.8. The molecule has 2 atom stereocenters. The minimum absolute atomic E-state index is 0.176. The lowest BCUT2D eigenvalue weighted by molar-refractivity contribution is 0.406. The number of halogens is 2. The first-order chi connectivity index (χ1) is 11.9. The summed E-state index contributed by atoms with van der Waals surface area (Å²) in [5, 5.41) is 0. The van der Waals surface area contributed by atoms with Crippen LogP contribution in [0.15, 0.2) is 47.4 Å². The number of benzene rings is 2. The van der Waals surface area contributed by atoms with Gasteiger partial charge in [-0.3, -0.25) is 0 Å². The van der Waals surface area contributed by atoms with Crippen molar-refractivity contribution in [2.75, 3.05) is 5.75 Å². The number of hydrogen-bond acceptors (Lipinski definition) is 2. The molecule has 0 radical (unpaired) electrons. The lowest BCUT2D eigenvalue weighted by Gasteiger charge is -2.18. The van der Waals surface area contributed by atoms with Crippen LogP contribution in [0.1, 0.15) is 32.6 Å². The summed E-state index contributed by atoms with van der Waals surface area (Å²) in [6, 6.07) is 9.56. The van der Waals surface area contributed by atoms with Crippen molar-refractivity contribution in [3.8, 4) is 11.1 Å². The average Bonchev–Trinajstić information content (AvgIpc) is 3.01. The van der Waals surface area contributed by atoms with Gasteiger partial charge >= 0.3 is 0 Å². The van der Waals surface area contributed by atoms with E-state index in [9.17, 15) is 17.2 Å². The predicted molar refractivity (Wildman–Crippen MR) is 95.0 cm³/mol. The minimum Gasteiger partial charge on any atom is -0.224 e. The van der Waals surface area contributed by atoms with E-state index in [1.807, 2.05) is 0 Å². The lowest BCUT2D eigenvalue weighted by Crippen LogP contribution is -2.19. The molecule has 0 aromatic heterocycles. The Morgan fingerprint density at radius 2 is 1.68 bits per heavy atom. The zero-order valence-electron chi connectivity index (χ0n) is 14.2. The molecule has 134 valence electrons. The smallest absolute Gasteiger partial charge is 0.178 e. The molecule has 1 fully saturated rings. The fourth-order valence-electron chi connectivity index (χ4n) is 3.81. The van der Waals surface area contributed by atoms with Crippen molar-refractivity contribution < 1.29 is 17.2 Å². The maximum absolute atomic E-state index is 13.9. The van der Waals surface area contributed by atoms with Gasteiger partial charge in [-0.2, -0.15) is 0 Å². The Morgan fingerprint density at radius 1 is 1.00 bits per heavy atom. The third kappa shape index (κ3) is 3.92. The van der Waals surface area contributed by atoms with Crippen molar-refractivity contribution >= 4 is 9.84 Å². The number of sulfone groups is 1. The van der Waals surface area contributed by atoms with Gasteiger partial charge in [0, 0.05) is 11.6 Å². The molecular weight excluding hydrogens is 342 g/mol. The van der Waals surface area contributed by atoms with Gasteiger partial charge in [0.2, 0.25) is 0 Å². The summed E-state index contributed by atoms with van der Waals surface area (Å²) >= 11 is 0. The first-order valence-corrected chi connectivity index (χ1v) is 10.3. The Balaban J connectivity index is 1.81. The molecule has 2 aromatic rings. The van der Waals surface area contributed by atoms with E-state index in [1.54, 1.807) is 12.1 Å². The molecule has 0 unspecified atom stereocenters. The Kier molecular flexibility index (Phi) is 5.23. The molecule has 0 amide bonds. The van der Waals surface area contributed by atoms with Crippen molar-refractivity contribution in [1.82, 2.24) is 0 Å². The average molecular weight is 364 g/mol. The standard InChI is InChI=1S/C20H22F2O2S/c1-2-14-4-3-5-16(14)13-25(23,24)18-9-6-15(7-10-18)19-11-8-17(21)12-20(19)22/h6-12,14,16H,2-5,13H2,1H3/t14-,16-/m0/s1. The van der Waals surface area contributed by atoms with Crippen molar-refractivity contribution in [2.45, 2.75) is 37.5 Å². The van der Waals surface area contributed by atoms with Gasteiger partial charge in [-0.25, -0.2) is 17.2 Å². The number of hydrogen-bond donors (Lipinski definition) is 0. The highest BCUT2D eigenvalue weighted by Crippen LogP contribution is 2.36. The third-order valence-electron chi connectivity index (χ3n) is 5.23. The molecule has 25 heavy (non-hydrogen) atoms. The highest BCUT2D eigenvalue weighted by atomic mass is 32.2. The molecule has 0 N–H and O–H groups in total. The maximum atomic E-state index is 13.9. The fraction of sp³-hybridized carbons (Fsp3) is 0.400. The fourth-order valence-corrected chi connectivity index (χ4v) is 5.56. The third-order valence-corrected chi connectivity index (χ3v) is 7.09. The van der Waals surface area contributed by atoms with Crippen LogP contribution in [0.25, 0.3) is 11.1 Å². The molecule has 5 heteroatoms. The first-order valence-electron chi connectivity index (χ1n) is 8.69. The summed E-state index contributed by atoms with van der Waals surface area (Å²) in [6.07, 6.45) is 4.19. The summed E-state index contributed by atoms with van der Waals surface area (Å²) in [7, 11) is -3.36. The predicted octanol–water partition coefficient (Wildman–Crippen LogP) is 5.23.